The molecule has 1 amide bonds. The molecule has 0 saturated carbocycles. The number of ether oxygens (including phenoxy) is 2. The van der Waals surface area contributed by atoms with Crippen molar-refractivity contribution in [2.75, 3.05) is 26.8 Å². The Morgan fingerprint density at radius 3 is 2.90 bits per heavy atom. The summed E-state index contributed by atoms with van der Waals surface area (Å²) in [5.74, 6) is -0.264. The summed E-state index contributed by atoms with van der Waals surface area (Å²) in [5.41, 5.74) is 3.30. The molecule has 3 rings (SSSR count). The van der Waals surface area contributed by atoms with Gasteiger partial charge in [-0.1, -0.05) is 54.1 Å². The lowest BCUT2D eigenvalue weighted by Gasteiger charge is -2.29. The first-order chi connectivity index (χ1) is 14.5. The van der Waals surface area contributed by atoms with E-state index in [9.17, 15) is 9.18 Å². The maximum absolute atomic E-state index is 14.8. The second-order valence-corrected chi connectivity index (χ2v) is 7.44. The van der Waals surface area contributed by atoms with E-state index in [-0.39, 0.29) is 18.0 Å². The van der Waals surface area contributed by atoms with Crippen LogP contribution in [0.25, 0.3) is 11.1 Å². The zero-order valence-electron chi connectivity index (χ0n) is 17.4. The molecule has 2 aromatic rings. The molecule has 0 bridgehead atoms. The summed E-state index contributed by atoms with van der Waals surface area (Å²) in [6, 6.07) is 12.9. The topological polar surface area (TPSA) is 59.0 Å². The van der Waals surface area contributed by atoms with Crippen molar-refractivity contribution in [3.8, 4) is 11.1 Å². The Morgan fingerprint density at radius 2 is 2.17 bits per heavy atom. The maximum atomic E-state index is 14.8. The molecule has 160 valence electrons. The third-order valence-corrected chi connectivity index (χ3v) is 5.29. The Morgan fingerprint density at radius 1 is 1.37 bits per heavy atom. The van der Waals surface area contributed by atoms with Crippen molar-refractivity contribution in [3.63, 3.8) is 0 Å². The van der Waals surface area contributed by atoms with Gasteiger partial charge >= 0.3 is 6.09 Å². The van der Waals surface area contributed by atoms with E-state index in [1.807, 2.05) is 49.4 Å². The van der Waals surface area contributed by atoms with E-state index in [1.54, 1.807) is 13.2 Å². The number of nitrogens with zero attached hydrogens (tertiary/aromatic N) is 1. The summed E-state index contributed by atoms with van der Waals surface area (Å²) in [6.45, 7) is 3.11. The van der Waals surface area contributed by atoms with E-state index in [0.29, 0.717) is 38.1 Å². The SMILES string of the molecule is COC(CCC=CC1CN(C(=O)O)CCO1)c1cccc(F)c1-c1cccc(C)c1. The van der Waals surface area contributed by atoms with Crippen LogP contribution in [0, 0.1) is 12.7 Å². The molecule has 0 radical (unpaired) electrons. The number of allylic oxidation sites excluding steroid dienone is 1. The monoisotopic (exact) mass is 413 g/mol. The average molecular weight is 413 g/mol. The highest BCUT2D eigenvalue weighted by atomic mass is 19.1. The quantitative estimate of drug-likeness (QED) is 0.634. The van der Waals surface area contributed by atoms with Crippen LogP contribution in [-0.2, 0) is 9.47 Å². The molecular formula is C24H28FNO4. The molecular weight excluding hydrogens is 385 g/mol. The van der Waals surface area contributed by atoms with Gasteiger partial charge in [-0.3, -0.25) is 0 Å². The summed E-state index contributed by atoms with van der Waals surface area (Å²) in [6.07, 6.45) is 3.82. The van der Waals surface area contributed by atoms with Crippen LogP contribution in [0.1, 0.15) is 30.1 Å². The van der Waals surface area contributed by atoms with Crippen molar-refractivity contribution in [1.82, 2.24) is 4.90 Å². The Hall–Kier alpha value is -2.70. The Kier molecular flexibility index (Phi) is 7.60. The highest BCUT2D eigenvalue weighted by Gasteiger charge is 2.22. The van der Waals surface area contributed by atoms with Gasteiger partial charge in [-0.25, -0.2) is 9.18 Å². The van der Waals surface area contributed by atoms with Crippen LogP contribution < -0.4 is 0 Å². The van der Waals surface area contributed by atoms with Gasteiger partial charge < -0.3 is 19.5 Å². The number of carboxylic acid groups (broad SMARTS) is 1. The average Bonchev–Trinajstić information content (AvgIpc) is 2.74. The number of hydrogen-bond acceptors (Lipinski definition) is 3. The van der Waals surface area contributed by atoms with Gasteiger partial charge in [-0.2, -0.15) is 0 Å². The molecule has 1 fully saturated rings. The molecule has 0 aromatic heterocycles. The summed E-state index contributed by atoms with van der Waals surface area (Å²) >= 11 is 0. The van der Waals surface area contributed by atoms with Gasteiger partial charge in [0, 0.05) is 19.2 Å². The summed E-state index contributed by atoms with van der Waals surface area (Å²) < 4.78 is 26.1. The zero-order valence-corrected chi connectivity index (χ0v) is 17.4. The smallest absolute Gasteiger partial charge is 0.407 e. The molecule has 30 heavy (non-hydrogen) atoms. The molecule has 1 aliphatic rings. The minimum absolute atomic E-state index is 0.243. The van der Waals surface area contributed by atoms with Crippen LogP contribution in [0.2, 0.25) is 0 Å². The summed E-state index contributed by atoms with van der Waals surface area (Å²) in [4.78, 5) is 12.5. The molecule has 1 heterocycles. The number of rotatable bonds is 7. The maximum Gasteiger partial charge on any atom is 0.407 e. The molecule has 2 atom stereocenters. The van der Waals surface area contributed by atoms with Crippen molar-refractivity contribution in [2.24, 2.45) is 0 Å². The third-order valence-electron chi connectivity index (χ3n) is 5.29. The first-order valence-electron chi connectivity index (χ1n) is 10.1. The fourth-order valence-electron chi connectivity index (χ4n) is 3.78. The van der Waals surface area contributed by atoms with Gasteiger partial charge in [-0.15, -0.1) is 0 Å². The lowest BCUT2D eigenvalue weighted by Crippen LogP contribution is -2.44. The molecule has 2 aromatic carbocycles. The van der Waals surface area contributed by atoms with E-state index in [4.69, 9.17) is 14.6 Å². The zero-order chi connectivity index (χ0) is 21.5. The van der Waals surface area contributed by atoms with Crippen LogP contribution in [-0.4, -0.2) is 49.0 Å². The fraction of sp³-hybridized carbons (Fsp3) is 0.375. The minimum Gasteiger partial charge on any atom is -0.465 e. The second kappa shape index (κ2) is 10.4. The fourth-order valence-corrected chi connectivity index (χ4v) is 3.78. The van der Waals surface area contributed by atoms with Gasteiger partial charge in [0.2, 0.25) is 0 Å². The molecule has 6 heteroatoms. The number of methoxy groups -OCH3 is 1. The number of amides is 1. The molecule has 1 aliphatic heterocycles. The lowest BCUT2D eigenvalue weighted by atomic mass is 9.92. The number of hydrogen-bond donors (Lipinski definition) is 1. The number of morpholine rings is 1. The van der Waals surface area contributed by atoms with Crippen LogP contribution >= 0.6 is 0 Å². The predicted octanol–water partition coefficient (Wildman–Crippen LogP) is 5.20. The molecule has 0 aliphatic carbocycles. The first kappa shape index (κ1) is 22.0. The Bertz CT molecular complexity index is 899. The van der Waals surface area contributed by atoms with Crippen LogP contribution in [0.4, 0.5) is 9.18 Å². The first-order valence-corrected chi connectivity index (χ1v) is 10.1. The lowest BCUT2D eigenvalue weighted by molar-refractivity contribution is 0.00193. The number of aryl methyl sites for hydroxylation is 1. The molecule has 0 spiro atoms. The van der Waals surface area contributed by atoms with E-state index < -0.39 is 6.09 Å². The predicted molar refractivity (Wildman–Crippen MR) is 114 cm³/mol. The number of halogens is 1. The normalized spacial score (nSPS) is 18.0. The number of carbonyl (C=O) groups is 1. The van der Waals surface area contributed by atoms with Gasteiger partial charge in [0.15, 0.2) is 0 Å². The van der Waals surface area contributed by atoms with Crippen LogP contribution in [0.3, 0.4) is 0 Å². The van der Waals surface area contributed by atoms with Crippen molar-refractivity contribution in [1.29, 1.82) is 0 Å². The standard InChI is InChI=1S/C24H28FNO4/c1-17-7-5-8-18(15-17)23-20(10-6-11-21(23)25)22(29-2)12-4-3-9-19-16-26(24(27)28)13-14-30-19/h3,5-11,15,19,22H,4,12-14,16H2,1-2H3,(H,27,28). The van der Waals surface area contributed by atoms with Gasteiger partial charge in [0.25, 0.3) is 0 Å². The van der Waals surface area contributed by atoms with Crippen molar-refractivity contribution >= 4 is 6.09 Å². The summed E-state index contributed by atoms with van der Waals surface area (Å²) in [5, 5.41) is 9.12. The van der Waals surface area contributed by atoms with E-state index in [1.165, 1.54) is 11.0 Å². The number of benzene rings is 2. The Labute approximate surface area is 176 Å². The van der Waals surface area contributed by atoms with Crippen molar-refractivity contribution in [2.45, 2.75) is 32.0 Å². The summed E-state index contributed by atoms with van der Waals surface area (Å²) in [7, 11) is 1.63. The van der Waals surface area contributed by atoms with E-state index in [0.717, 1.165) is 16.7 Å². The molecule has 1 saturated heterocycles. The van der Waals surface area contributed by atoms with E-state index in [2.05, 4.69) is 0 Å². The minimum atomic E-state index is -0.925. The van der Waals surface area contributed by atoms with Crippen LogP contribution in [0.15, 0.2) is 54.6 Å². The highest BCUT2D eigenvalue weighted by Crippen LogP contribution is 2.34. The van der Waals surface area contributed by atoms with Crippen LogP contribution in [0.5, 0.6) is 0 Å². The van der Waals surface area contributed by atoms with Gasteiger partial charge in [0.1, 0.15) is 5.82 Å². The molecule has 5 nitrogen and oxygen atoms in total. The third kappa shape index (κ3) is 5.46. The second-order valence-electron chi connectivity index (χ2n) is 7.44. The van der Waals surface area contributed by atoms with Crippen molar-refractivity contribution in [3.05, 3.63) is 71.6 Å². The Balaban J connectivity index is 1.70. The molecule has 1 N–H and O–H groups in total. The van der Waals surface area contributed by atoms with Gasteiger partial charge in [-0.05, 0) is 37.0 Å². The molecule has 2 unspecified atom stereocenters. The van der Waals surface area contributed by atoms with Crippen molar-refractivity contribution < 1.29 is 23.8 Å². The largest absolute Gasteiger partial charge is 0.465 e. The van der Waals surface area contributed by atoms with E-state index >= 15 is 0 Å². The van der Waals surface area contributed by atoms with Gasteiger partial charge in [0.05, 0.1) is 25.4 Å². The highest BCUT2D eigenvalue weighted by molar-refractivity contribution is 5.69.